The van der Waals surface area contributed by atoms with E-state index in [2.05, 4.69) is 266 Å². The maximum absolute atomic E-state index is 2.36. The number of rotatable bonds is 10. The van der Waals surface area contributed by atoms with Gasteiger partial charge in [0, 0.05) is 17.1 Å². The van der Waals surface area contributed by atoms with Crippen molar-refractivity contribution in [2.75, 3.05) is 4.90 Å². The maximum atomic E-state index is 2.36. The van der Waals surface area contributed by atoms with Crippen molar-refractivity contribution in [3.8, 4) is 77.9 Å². The third kappa shape index (κ3) is 7.93. The lowest BCUT2D eigenvalue weighted by Gasteiger charge is -2.26. The van der Waals surface area contributed by atoms with Crippen molar-refractivity contribution in [1.82, 2.24) is 0 Å². The van der Waals surface area contributed by atoms with Crippen LogP contribution in [0.15, 0.2) is 261 Å². The van der Waals surface area contributed by atoms with Crippen LogP contribution in [0.4, 0.5) is 17.1 Å². The predicted molar refractivity (Wildman–Crippen MR) is 259 cm³/mol. The molecule has 0 heterocycles. The molecule has 10 aromatic rings. The van der Waals surface area contributed by atoms with E-state index in [1.165, 1.54) is 77.9 Å². The zero-order valence-corrected chi connectivity index (χ0v) is 33.8. The van der Waals surface area contributed by atoms with Gasteiger partial charge in [-0.3, -0.25) is 0 Å². The highest BCUT2D eigenvalue weighted by Crippen LogP contribution is 2.42. The van der Waals surface area contributed by atoms with E-state index in [9.17, 15) is 0 Å². The van der Waals surface area contributed by atoms with Crippen LogP contribution in [-0.4, -0.2) is 0 Å². The zero-order valence-electron chi connectivity index (χ0n) is 33.8. The predicted octanol–water partition coefficient (Wildman–Crippen LogP) is 16.8. The van der Waals surface area contributed by atoms with Crippen LogP contribution in [0.25, 0.3) is 77.9 Å². The molecule has 10 aromatic carbocycles. The second-order valence-electron chi connectivity index (χ2n) is 15.3. The Morgan fingerprint density at radius 2 is 0.443 bits per heavy atom. The minimum atomic E-state index is 1.09. The molecule has 1 heteroatoms. The smallest absolute Gasteiger partial charge is 0.0462 e. The molecule has 0 unspecified atom stereocenters. The normalized spacial score (nSPS) is 11.0. The van der Waals surface area contributed by atoms with Gasteiger partial charge in [0.2, 0.25) is 0 Å². The van der Waals surface area contributed by atoms with E-state index < -0.39 is 0 Å². The Kier molecular flexibility index (Phi) is 10.4. The van der Waals surface area contributed by atoms with Crippen molar-refractivity contribution in [1.29, 1.82) is 0 Å². The molecule has 288 valence electrons. The molecule has 0 radical (unpaired) electrons. The summed E-state index contributed by atoms with van der Waals surface area (Å²) in [7, 11) is 0. The minimum Gasteiger partial charge on any atom is -0.311 e. The van der Waals surface area contributed by atoms with Crippen LogP contribution < -0.4 is 4.90 Å². The van der Waals surface area contributed by atoms with E-state index in [0.717, 1.165) is 17.1 Å². The van der Waals surface area contributed by atoms with Crippen LogP contribution in [0.1, 0.15) is 0 Å². The van der Waals surface area contributed by atoms with Crippen LogP contribution in [0.3, 0.4) is 0 Å². The summed E-state index contributed by atoms with van der Waals surface area (Å²) in [5.74, 6) is 0. The van der Waals surface area contributed by atoms with Crippen molar-refractivity contribution in [2.45, 2.75) is 0 Å². The molecule has 0 aliphatic heterocycles. The standard InChI is InChI=1S/C60H43N/c1-5-16-44(17-6-1)51-24-13-26-53(42-51)46-30-36-55(37-31-46)61(56-38-32-47(33-39-56)54-27-14-25-52(43-54)45-18-7-2-8-19-45)57-40-34-49(35-41-57)59-29-15-28-58(48-20-9-3-10-21-48)60(59)50-22-11-4-12-23-50/h1-43H. The van der Waals surface area contributed by atoms with Gasteiger partial charge in [-0.2, -0.15) is 0 Å². The van der Waals surface area contributed by atoms with Gasteiger partial charge in [-0.05, 0) is 126 Å². The third-order valence-electron chi connectivity index (χ3n) is 11.5. The number of hydrogen-bond donors (Lipinski definition) is 0. The number of hydrogen-bond acceptors (Lipinski definition) is 1. The first-order valence-corrected chi connectivity index (χ1v) is 20.9. The first-order chi connectivity index (χ1) is 30.2. The van der Waals surface area contributed by atoms with Crippen molar-refractivity contribution in [3.63, 3.8) is 0 Å². The first kappa shape index (κ1) is 37.3. The molecule has 0 amide bonds. The average molecular weight is 778 g/mol. The van der Waals surface area contributed by atoms with E-state index in [-0.39, 0.29) is 0 Å². The summed E-state index contributed by atoms with van der Waals surface area (Å²) in [5.41, 5.74) is 20.1. The number of nitrogens with zero attached hydrogens (tertiary/aromatic N) is 1. The molecule has 0 spiro atoms. The Morgan fingerprint density at radius 3 is 0.820 bits per heavy atom. The Morgan fingerprint density at radius 1 is 0.180 bits per heavy atom. The number of benzene rings is 10. The minimum absolute atomic E-state index is 1.09. The third-order valence-corrected chi connectivity index (χ3v) is 11.5. The largest absolute Gasteiger partial charge is 0.311 e. The molecule has 0 aliphatic rings. The Hall–Kier alpha value is -8.00. The Labute approximate surface area is 359 Å². The van der Waals surface area contributed by atoms with Crippen LogP contribution in [0.5, 0.6) is 0 Å². The van der Waals surface area contributed by atoms with E-state index >= 15 is 0 Å². The van der Waals surface area contributed by atoms with Gasteiger partial charge in [0.25, 0.3) is 0 Å². The molecule has 0 N–H and O–H groups in total. The average Bonchev–Trinajstić information content (AvgIpc) is 3.36. The molecular weight excluding hydrogens is 735 g/mol. The number of anilines is 3. The second-order valence-corrected chi connectivity index (χ2v) is 15.3. The van der Waals surface area contributed by atoms with Gasteiger partial charge >= 0.3 is 0 Å². The summed E-state index contributed by atoms with van der Waals surface area (Å²) in [6, 6.07) is 93.9. The quantitative estimate of drug-likeness (QED) is 0.134. The van der Waals surface area contributed by atoms with Gasteiger partial charge in [0.1, 0.15) is 0 Å². The lowest BCUT2D eigenvalue weighted by molar-refractivity contribution is 1.28. The molecule has 0 aromatic heterocycles. The van der Waals surface area contributed by atoms with Crippen LogP contribution in [0, 0.1) is 0 Å². The fourth-order valence-electron chi connectivity index (χ4n) is 8.43. The van der Waals surface area contributed by atoms with E-state index in [0.29, 0.717) is 0 Å². The Balaban J connectivity index is 1.03. The summed E-state index contributed by atoms with van der Waals surface area (Å²) >= 11 is 0. The fourth-order valence-corrected chi connectivity index (χ4v) is 8.43. The van der Waals surface area contributed by atoms with E-state index in [1.807, 2.05) is 0 Å². The van der Waals surface area contributed by atoms with E-state index in [4.69, 9.17) is 0 Å². The first-order valence-electron chi connectivity index (χ1n) is 20.9. The summed E-state index contributed by atoms with van der Waals surface area (Å²) in [6.07, 6.45) is 0. The molecule has 1 nitrogen and oxygen atoms in total. The molecule has 0 fully saturated rings. The van der Waals surface area contributed by atoms with Crippen molar-refractivity contribution in [2.24, 2.45) is 0 Å². The van der Waals surface area contributed by atoms with Gasteiger partial charge in [-0.25, -0.2) is 0 Å². The van der Waals surface area contributed by atoms with Gasteiger partial charge < -0.3 is 4.90 Å². The van der Waals surface area contributed by atoms with Gasteiger partial charge in [-0.15, -0.1) is 0 Å². The molecule has 10 rings (SSSR count). The maximum Gasteiger partial charge on any atom is 0.0462 e. The van der Waals surface area contributed by atoms with Crippen LogP contribution in [0.2, 0.25) is 0 Å². The zero-order chi connectivity index (χ0) is 40.8. The molecule has 0 aliphatic carbocycles. The van der Waals surface area contributed by atoms with Crippen LogP contribution >= 0.6 is 0 Å². The van der Waals surface area contributed by atoms with Crippen molar-refractivity contribution in [3.05, 3.63) is 261 Å². The summed E-state index contributed by atoms with van der Waals surface area (Å²) in [6.45, 7) is 0. The molecule has 0 saturated heterocycles. The highest BCUT2D eigenvalue weighted by molar-refractivity contribution is 5.95. The Bertz CT molecular complexity index is 2880. The van der Waals surface area contributed by atoms with Crippen molar-refractivity contribution < 1.29 is 0 Å². The lowest BCUT2D eigenvalue weighted by Crippen LogP contribution is -2.09. The summed E-state index contributed by atoms with van der Waals surface area (Å²) < 4.78 is 0. The molecule has 0 saturated carbocycles. The highest BCUT2D eigenvalue weighted by atomic mass is 15.1. The van der Waals surface area contributed by atoms with Gasteiger partial charge in [0.05, 0.1) is 0 Å². The molecular formula is C60H43N. The van der Waals surface area contributed by atoms with Crippen molar-refractivity contribution >= 4 is 17.1 Å². The highest BCUT2D eigenvalue weighted by Gasteiger charge is 2.17. The molecule has 0 bridgehead atoms. The fraction of sp³-hybridized carbons (Fsp3) is 0. The topological polar surface area (TPSA) is 3.24 Å². The second kappa shape index (κ2) is 17.1. The van der Waals surface area contributed by atoms with Gasteiger partial charge in [-0.1, -0.05) is 212 Å². The monoisotopic (exact) mass is 777 g/mol. The summed E-state index contributed by atoms with van der Waals surface area (Å²) in [4.78, 5) is 2.36. The van der Waals surface area contributed by atoms with E-state index in [1.54, 1.807) is 0 Å². The lowest BCUT2D eigenvalue weighted by atomic mass is 9.87. The van der Waals surface area contributed by atoms with Crippen LogP contribution in [-0.2, 0) is 0 Å². The van der Waals surface area contributed by atoms with Gasteiger partial charge in [0.15, 0.2) is 0 Å². The molecule has 0 atom stereocenters. The molecule has 61 heavy (non-hydrogen) atoms. The summed E-state index contributed by atoms with van der Waals surface area (Å²) in [5, 5.41) is 0. The SMILES string of the molecule is c1ccc(-c2cccc(-c3ccc(N(c4ccc(-c5cccc(-c6ccccc6)c5)cc4)c4ccc(-c5cccc(-c6ccccc6)c5-c5ccccc5)cc4)cc3)c2)cc1.